The molecule has 2 heterocycles. The fourth-order valence-electron chi connectivity index (χ4n) is 1.91. The summed E-state index contributed by atoms with van der Waals surface area (Å²) in [6.45, 7) is 6.68. The molecule has 0 spiro atoms. The van der Waals surface area contributed by atoms with Crippen LogP contribution in [0.15, 0.2) is 18.5 Å². The third-order valence-electron chi connectivity index (χ3n) is 2.59. The number of aromatic nitrogens is 1. The van der Waals surface area contributed by atoms with Crippen LogP contribution in [0, 0.1) is 0 Å². The van der Waals surface area contributed by atoms with E-state index >= 15 is 0 Å². The van der Waals surface area contributed by atoms with Crippen LogP contribution >= 0.6 is 11.8 Å². The number of hydrogen-bond donors (Lipinski definition) is 1. The lowest BCUT2D eigenvalue weighted by atomic mass is 10.1. The molecular formula is C11H17N3S. The van der Waals surface area contributed by atoms with Crippen molar-refractivity contribution in [3.63, 3.8) is 0 Å². The van der Waals surface area contributed by atoms with E-state index in [0.29, 0.717) is 4.75 Å². The summed E-state index contributed by atoms with van der Waals surface area (Å²) in [5.74, 6) is 1.16. The van der Waals surface area contributed by atoms with Crippen LogP contribution in [0.5, 0.6) is 0 Å². The average Bonchev–Trinajstić information content (AvgIpc) is 2.17. The van der Waals surface area contributed by atoms with Crippen LogP contribution in [0.4, 0.5) is 11.4 Å². The lowest BCUT2D eigenvalue weighted by molar-refractivity contribution is 0.648. The molecule has 2 N–H and O–H groups in total. The number of rotatable bonds is 1. The fourth-order valence-corrected chi connectivity index (χ4v) is 3.02. The van der Waals surface area contributed by atoms with Gasteiger partial charge in [0.1, 0.15) is 0 Å². The first-order valence-electron chi connectivity index (χ1n) is 5.17. The summed E-state index contributed by atoms with van der Waals surface area (Å²) in [5, 5.41) is 0. The van der Waals surface area contributed by atoms with Crippen molar-refractivity contribution in [3.8, 4) is 0 Å². The van der Waals surface area contributed by atoms with Gasteiger partial charge >= 0.3 is 0 Å². The van der Waals surface area contributed by atoms with Crippen molar-refractivity contribution in [1.82, 2.24) is 4.98 Å². The van der Waals surface area contributed by atoms with Gasteiger partial charge in [-0.25, -0.2) is 0 Å². The maximum Gasteiger partial charge on any atom is 0.0738 e. The Morgan fingerprint density at radius 1 is 1.53 bits per heavy atom. The molecular weight excluding hydrogens is 206 g/mol. The topological polar surface area (TPSA) is 42.2 Å². The molecule has 1 aliphatic heterocycles. The van der Waals surface area contributed by atoms with Crippen molar-refractivity contribution in [3.05, 3.63) is 18.5 Å². The fraction of sp³-hybridized carbons (Fsp3) is 0.545. The van der Waals surface area contributed by atoms with Gasteiger partial charge in [0.25, 0.3) is 0 Å². The van der Waals surface area contributed by atoms with Crippen LogP contribution in [0.1, 0.15) is 13.8 Å². The molecule has 4 heteroatoms. The number of thioether (sulfide) groups is 1. The molecule has 1 fully saturated rings. The van der Waals surface area contributed by atoms with E-state index in [-0.39, 0.29) is 0 Å². The van der Waals surface area contributed by atoms with Gasteiger partial charge in [0, 0.05) is 29.8 Å². The van der Waals surface area contributed by atoms with Gasteiger partial charge in [-0.05, 0) is 19.9 Å². The summed E-state index contributed by atoms with van der Waals surface area (Å²) >= 11 is 2.03. The van der Waals surface area contributed by atoms with Crippen molar-refractivity contribution in [1.29, 1.82) is 0 Å². The van der Waals surface area contributed by atoms with E-state index in [1.54, 1.807) is 12.4 Å². The summed E-state index contributed by atoms with van der Waals surface area (Å²) in [7, 11) is 0. The Kier molecular flexibility index (Phi) is 2.78. The number of hydrogen-bond acceptors (Lipinski definition) is 4. The minimum atomic E-state index is 0.313. The standard InChI is InChI=1S/C11H17N3S/c1-11(2)8-14(5-6-15-11)10-3-4-13-7-9(10)12/h3-4,7H,5-6,8,12H2,1-2H3. The van der Waals surface area contributed by atoms with Crippen molar-refractivity contribution in [2.75, 3.05) is 29.5 Å². The van der Waals surface area contributed by atoms with E-state index in [2.05, 4.69) is 23.7 Å². The maximum absolute atomic E-state index is 5.93. The zero-order valence-electron chi connectivity index (χ0n) is 9.23. The van der Waals surface area contributed by atoms with Gasteiger partial charge in [0.15, 0.2) is 0 Å². The van der Waals surface area contributed by atoms with Crippen molar-refractivity contribution >= 4 is 23.1 Å². The molecule has 0 atom stereocenters. The Bertz CT molecular complexity index is 351. The molecule has 0 aliphatic carbocycles. The van der Waals surface area contributed by atoms with E-state index < -0.39 is 0 Å². The molecule has 1 aliphatic rings. The van der Waals surface area contributed by atoms with Crippen LogP contribution in [0.25, 0.3) is 0 Å². The third-order valence-corrected chi connectivity index (χ3v) is 3.89. The van der Waals surface area contributed by atoms with Gasteiger partial charge in [-0.3, -0.25) is 4.98 Å². The Morgan fingerprint density at radius 3 is 3.00 bits per heavy atom. The van der Waals surface area contributed by atoms with Crippen LogP contribution in [0.2, 0.25) is 0 Å². The molecule has 0 saturated carbocycles. The Labute approximate surface area is 95.1 Å². The second-order valence-electron chi connectivity index (χ2n) is 4.46. The second kappa shape index (κ2) is 3.93. The third kappa shape index (κ3) is 2.37. The van der Waals surface area contributed by atoms with Gasteiger partial charge in [-0.1, -0.05) is 0 Å². The van der Waals surface area contributed by atoms with Gasteiger partial charge in [-0.15, -0.1) is 0 Å². The highest BCUT2D eigenvalue weighted by atomic mass is 32.2. The molecule has 0 bridgehead atoms. The molecule has 0 radical (unpaired) electrons. The molecule has 82 valence electrons. The van der Waals surface area contributed by atoms with E-state index in [1.165, 1.54) is 0 Å². The van der Waals surface area contributed by atoms with E-state index in [9.17, 15) is 0 Å². The molecule has 3 nitrogen and oxygen atoms in total. The molecule has 2 rings (SSSR count). The average molecular weight is 223 g/mol. The minimum Gasteiger partial charge on any atom is -0.396 e. The Hall–Kier alpha value is -0.900. The number of nitrogens with zero attached hydrogens (tertiary/aromatic N) is 2. The summed E-state index contributed by atoms with van der Waals surface area (Å²) in [5.41, 5.74) is 7.83. The predicted molar refractivity (Wildman–Crippen MR) is 67.4 cm³/mol. The summed E-state index contributed by atoms with van der Waals surface area (Å²) in [6.07, 6.45) is 3.53. The summed E-state index contributed by atoms with van der Waals surface area (Å²) in [6, 6.07) is 2.00. The number of nitrogens with two attached hydrogens (primary N) is 1. The normalized spacial score (nSPS) is 20.3. The number of pyridine rings is 1. The molecule has 15 heavy (non-hydrogen) atoms. The minimum absolute atomic E-state index is 0.313. The number of anilines is 2. The zero-order chi connectivity index (χ0) is 10.9. The van der Waals surface area contributed by atoms with E-state index in [1.807, 2.05) is 17.8 Å². The first kappa shape index (κ1) is 10.6. The number of nitrogen functional groups attached to an aromatic ring is 1. The molecule has 0 amide bonds. The predicted octanol–water partition coefficient (Wildman–Crippen LogP) is 2.00. The van der Waals surface area contributed by atoms with Crippen molar-refractivity contribution < 1.29 is 0 Å². The lowest BCUT2D eigenvalue weighted by Gasteiger charge is -2.39. The Balaban J connectivity index is 2.21. The summed E-state index contributed by atoms with van der Waals surface area (Å²) in [4.78, 5) is 6.37. The molecule has 1 aromatic rings. The smallest absolute Gasteiger partial charge is 0.0738 e. The highest BCUT2D eigenvalue weighted by Crippen LogP contribution is 2.33. The van der Waals surface area contributed by atoms with Crippen molar-refractivity contribution in [2.24, 2.45) is 0 Å². The van der Waals surface area contributed by atoms with E-state index in [4.69, 9.17) is 5.73 Å². The molecule has 1 saturated heterocycles. The lowest BCUT2D eigenvalue weighted by Crippen LogP contribution is -2.43. The monoisotopic (exact) mass is 223 g/mol. The first-order chi connectivity index (χ1) is 7.08. The SMILES string of the molecule is CC1(C)CN(c2ccncc2N)CCS1. The Morgan fingerprint density at radius 2 is 2.33 bits per heavy atom. The highest BCUT2D eigenvalue weighted by Gasteiger charge is 2.27. The van der Waals surface area contributed by atoms with Gasteiger partial charge in [0.2, 0.25) is 0 Å². The zero-order valence-corrected chi connectivity index (χ0v) is 10.0. The highest BCUT2D eigenvalue weighted by molar-refractivity contribution is 8.00. The molecule has 1 aromatic heterocycles. The summed E-state index contributed by atoms with van der Waals surface area (Å²) < 4.78 is 0.313. The van der Waals surface area contributed by atoms with E-state index in [0.717, 1.165) is 30.2 Å². The molecule has 0 unspecified atom stereocenters. The van der Waals surface area contributed by atoms with Crippen LogP contribution in [-0.2, 0) is 0 Å². The largest absolute Gasteiger partial charge is 0.396 e. The second-order valence-corrected chi connectivity index (χ2v) is 6.27. The maximum atomic E-state index is 5.93. The quantitative estimate of drug-likeness (QED) is 0.790. The van der Waals surface area contributed by atoms with Gasteiger partial charge in [0.05, 0.1) is 17.6 Å². The van der Waals surface area contributed by atoms with Gasteiger partial charge < -0.3 is 10.6 Å². The van der Waals surface area contributed by atoms with Crippen LogP contribution in [-0.4, -0.2) is 28.6 Å². The molecule has 0 aromatic carbocycles. The van der Waals surface area contributed by atoms with Gasteiger partial charge in [-0.2, -0.15) is 11.8 Å². The van der Waals surface area contributed by atoms with Crippen LogP contribution in [0.3, 0.4) is 0 Å². The first-order valence-corrected chi connectivity index (χ1v) is 6.15. The van der Waals surface area contributed by atoms with Crippen LogP contribution < -0.4 is 10.6 Å². The van der Waals surface area contributed by atoms with Crippen molar-refractivity contribution in [2.45, 2.75) is 18.6 Å².